The first kappa shape index (κ1) is 10.6. The molecule has 2 aromatic heterocycles. The molecule has 0 spiro atoms. The van der Waals surface area contributed by atoms with Crippen LogP contribution < -0.4 is 0 Å². The molecule has 0 saturated carbocycles. The lowest BCUT2D eigenvalue weighted by Gasteiger charge is -1.98. The number of pyridine rings is 1. The third kappa shape index (κ3) is 2.79. The van der Waals surface area contributed by atoms with Gasteiger partial charge in [0.15, 0.2) is 0 Å². The van der Waals surface area contributed by atoms with Crippen LogP contribution in [0.15, 0.2) is 29.4 Å². The number of thiazole rings is 1. The molecular weight excluding hydrogens is 224 g/mol. The molecule has 2 nitrogen and oxygen atoms in total. The van der Waals surface area contributed by atoms with Crippen molar-refractivity contribution in [2.75, 3.05) is 0 Å². The first-order chi connectivity index (χ1) is 7.25. The molecule has 0 N–H and O–H groups in total. The fourth-order valence-corrected chi connectivity index (χ4v) is 3.26. The molecule has 15 heavy (non-hydrogen) atoms. The van der Waals surface area contributed by atoms with Crippen LogP contribution in [0.4, 0.5) is 0 Å². The van der Waals surface area contributed by atoms with Gasteiger partial charge in [0.1, 0.15) is 0 Å². The van der Waals surface area contributed by atoms with Crippen LogP contribution in [0.5, 0.6) is 0 Å². The van der Waals surface area contributed by atoms with E-state index in [1.807, 2.05) is 36.3 Å². The molecule has 0 radical (unpaired) electrons. The summed E-state index contributed by atoms with van der Waals surface area (Å²) < 4.78 is 0. The maximum absolute atomic E-state index is 4.42. The summed E-state index contributed by atoms with van der Waals surface area (Å²) in [6.07, 6.45) is 3.65. The highest BCUT2D eigenvalue weighted by atomic mass is 32.2. The van der Waals surface area contributed by atoms with Gasteiger partial charge in [0.2, 0.25) is 0 Å². The van der Waals surface area contributed by atoms with E-state index in [-0.39, 0.29) is 0 Å². The zero-order chi connectivity index (χ0) is 10.7. The van der Waals surface area contributed by atoms with E-state index in [2.05, 4.69) is 23.8 Å². The number of hydrogen-bond acceptors (Lipinski definition) is 4. The second-order valence-electron chi connectivity index (χ2n) is 3.21. The van der Waals surface area contributed by atoms with Crippen molar-refractivity contribution in [1.82, 2.24) is 9.97 Å². The topological polar surface area (TPSA) is 25.8 Å². The molecule has 2 heterocycles. The molecular formula is C11H12N2S2. The standard InChI is InChI=1S/C11H12N2S2/c1-8-11(15-9(2)13-8)7-14-10-3-5-12-6-4-10/h3-6H,7H2,1-2H3. The van der Waals surface area contributed by atoms with E-state index in [1.54, 1.807) is 11.3 Å². The SMILES string of the molecule is Cc1nc(C)c(CSc2ccncc2)s1. The van der Waals surface area contributed by atoms with Crippen molar-refractivity contribution in [3.8, 4) is 0 Å². The van der Waals surface area contributed by atoms with Gasteiger partial charge in [-0.1, -0.05) is 0 Å². The minimum atomic E-state index is 1.00. The highest BCUT2D eigenvalue weighted by molar-refractivity contribution is 7.98. The Morgan fingerprint density at radius 3 is 2.60 bits per heavy atom. The average Bonchev–Trinajstić information content (AvgIpc) is 2.56. The smallest absolute Gasteiger partial charge is 0.0900 e. The Bertz CT molecular complexity index is 437. The summed E-state index contributed by atoms with van der Waals surface area (Å²) in [5.74, 6) is 1.00. The molecule has 0 aliphatic heterocycles. The van der Waals surface area contributed by atoms with Crippen molar-refractivity contribution in [2.45, 2.75) is 24.5 Å². The van der Waals surface area contributed by atoms with Crippen molar-refractivity contribution in [3.05, 3.63) is 40.1 Å². The fraction of sp³-hybridized carbons (Fsp3) is 0.273. The summed E-state index contributed by atoms with van der Waals surface area (Å²) in [7, 11) is 0. The van der Waals surface area contributed by atoms with Crippen molar-refractivity contribution < 1.29 is 0 Å². The summed E-state index contributed by atoms with van der Waals surface area (Å²) in [5.41, 5.74) is 1.17. The lowest BCUT2D eigenvalue weighted by Crippen LogP contribution is -1.80. The minimum Gasteiger partial charge on any atom is -0.265 e. The molecule has 0 aliphatic carbocycles. The minimum absolute atomic E-state index is 1.00. The number of hydrogen-bond donors (Lipinski definition) is 0. The summed E-state index contributed by atoms with van der Waals surface area (Å²) in [4.78, 5) is 11.0. The quantitative estimate of drug-likeness (QED) is 0.763. The van der Waals surface area contributed by atoms with Crippen LogP contribution in [0.1, 0.15) is 15.6 Å². The van der Waals surface area contributed by atoms with Gasteiger partial charge < -0.3 is 0 Å². The Hall–Kier alpha value is -0.870. The van der Waals surface area contributed by atoms with E-state index in [9.17, 15) is 0 Å². The van der Waals surface area contributed by atoms with Crippen LogP contribution in [0, 0.1) is 13.8 Å². The molecule has 0 unspecified atom stereocenters. The summed E-state index contributed by atoms with van der Waals surface area (Å²) in [6, 6.07) is 4.07. The van der Waals surface area contributed by atoms with E-state index < -0.39 is 0 Å². The Balaban J connectivity index is 2.02. The van der Waals surface area contributed by atoms with Gasteiger partial charge in [0.05, 0.1) is 10.7 Å². The van der Waals surface area contributed by atoms with Gasteiger partial charge in [0, 0.05) is 27.9 Å². The zero-order valence-electron chi connectivity index (χ0n) is 8.73. The lowest BCUT2D eigenvalue weighted by atomic mass is 10.4. The zero-order valence-corrected chi connectivity index (χ0v) is 10.4. The maximum Gasteiger partial charge on any atom is 0.0900 e. The van der Waals surface area contributed by atoms with Gasteiger partial charge in [-0.05, 0) is 26.0 Å². The van der Waals surface area contributed by atoms with Gasteiger partial charge in [-0.3, -0.25) is 4.98 Å². The monoisotopic (exact) mass is 236 g/mol. The van der Waals surface area contributed by atoms with Crippen LogP contribution >= 0.6 is 23.1 Å². The van der Waals surface area contributed by atoms with Gasteiger partial charge >= 0.3 is 0 Å². The normalized spacial score (nSPS) is 10.5. The Labute approximate surface area is 97.8 Å². The van der Waals surface area contributed by atoms with E-state index in [1.165, 1.54) is 15.5 Å². The van der Waals surface area contributed by atoms with Gasteiger partial charge in [-0.15, -0.1) is 23.1 Å². The molecule has 0 aliphatic rings. The highest BCUT2D eigenvalue weighted by Gasteiger charge is 2.04. The first-order valence-corrected chi connectivity index (χ1v) is 6.51. The first-order valence-electron chi connectivity index (χ1n) is 4.71. The second-order valence-corrected chi connectivity index (χ2v) is 5.55. The van der Waals surface area contributed by atoms with Crippen LogP contribution in [-0.4, -0.2) is 9.97 Å². The number of nitrogens with zero attached hydrogens (tertiary/aromatic N) is 2. The molecule has 2 aromatic rings. The molecule has 0 saturated heterocycles. The van der Waals surface area contributed by atoms with Crippen molar-refractivity contribution in [2.24, 2.45) is 0 Å². The lowest BCUT2D eigenvalue weighted by molar-refractivity contribution is 1.17. The van der Waals surface area contributed by atoms with E-state index in [4.69, 9.17) is 0 Å². The molecule has 0 aromatic carbocycles. The molecule has 0 bridgehead atoms. The number of thioether (sulfide) groups is 1. The van der Waals surface area contributed by atoms with E-state index >= 15 is 0 Å². The predicted octanol–water partition coefficient (Wildman–Crippen LogP) is 3.45. The average molecular weight is 236 g/mol. The van der Waals surface area contributed by atoms with E-state index in [0.717, 1.165) is 10.8 Å². The number of aromatic nitrogens is 2. The number of aryl methyl sites for hydroxylation is 2. The summed E-state index contributed by atoms with van der Waals surface area (Å²) >= 11 is 3.62. The fourth-order valence-electron chi connectivity index (χ4n) is 1.29. The highest BCUT2D eigenvalue weighted by Crippen LogP contribution is 2.27. The summed E-state index contributed by atoms with van der Waals surface area (Å²) in [6.45, 7) is 4.13. The Morgan fingerprint density at radius 2 is 2.00 bits per heavy atom. The third-order valence-corrected chi connectivity index (χ3v) is 4.31. The predicted molar refractivity (Wildman–Crippen MR) is 65.4 cm³/mol. The molecule has 0 amide bonds. The third-order valence-electron chi connectivity index (χ3n) is 2.02. The van der Waals surface area contributed by atoms with Crippen LogP contribution in [0.25, 0.3) is 0 Å². The van der Waals surface area contributed by atoms with Crippen LogP contribution in [0.2, 0.25) is 0 Å². The van der Waals surface area contributed by atoms with Gasteiger partial charge in [-0.2, -0.15) is 0 Å². The Morgan fingerprint density at radius 1 is 1.27 bits per heavy atom. The molecule has 4 heteroatoms. The van der Waals surface area contributed by atoms with Crippen molar-refractivity contribution in [1.29, 1.82) is 0 Å². The molecule has 0 atom stereocenters. The largest absolute Gasteiger partial charge is 0.265 e. The molecule has 78 valence electrons. The summed E-state index contributed by atoms with van der Waals surface area (Å²) in [5, 5.41) is 1.15. The van der Waals surface area contributed by atoms with Crippen LogP contribution in [0.3, 0.4) is 0 Å². The molecule has 2 rings (SSSR count). The van der Waals surface area contributed by atoms with Crippen molar-refractivity contribution in [3.63, 3.8) is 0 Å². The van der Waals surface area contributed by atoms with Crippen LogP contribution in [-0.2, 0) is 5.75 Å². The van der Waals surface area contributed by atoms with E-state index in [0.29, 0.717) is 0 Å². The Kier molecular flexibility index (Phi) is 3.38. The maximum atomic E-state index is 4.42. The van der Waals surface area contributed by atoms with Gasteiger partial charge in [-0.25, -0.2) is 4.98 Å². The van der Waals surface area contributed by atoms with Gasteiger partial charge in [0.25, 0.3) is 0 Å². The number of rotatable bonds is 3. The molecule has 0 fully saturated rings. The second kappa shape index (κ2) is 4.77. The van der Waals surface area contributed by atoms with Crippen molar-refractivity contribution >= 4 is 23.1 Å².